The maximum atomic E-state index is 6.05. The van der Waals surface area contributed by atoms with Crippen LogP contribution in [0.25, 0.3) is 0 Å². The lowest BCUT2D eigenvalue weighted by atomic mass is 10.2. The van der Waals surface area contributed by atoms with Crippen LogP contribution >= 0.6 is 23.4 Å². The van der Waals surface area contributed by atoms with Crippen LogP contribution in [0.5, 0.6) is 0 Å². The van der Waals surface area contributed by atoms with Crippen LogP contribution in [0, 0.1) is 5.92 Å². The summed E-state index contributed by atoms with van der Waals surface area (Å²) in [6, 6.07) is 5.68. The molecule has 0 saturated carbocycles. The number of halogens is 1. The van der Waals surface area contributed by atoms with E-state index in [0.717, 1.165) is 27.8 Å². The molecule has 0 aromatic heterocycles. The van der Waals surface area contributed by atoms with Crippen LogP contribution < -0.4 is 5.73 Å². The molecule has 1 aromatic carbocycles. The zero-order valence-electron chi connectivity index (χ0n) is 8.59. The van der Waals surface area contributed by atoms with Crippen molar-refractivity contribution in [1.82, 2.24) is 0 Å². The maximum Gasteiger partial charge on any atom is 0.0466 e. The van der Waals surface area contributed by atoms with E-state index in [1.165, 1.54) is 0 Å². The minimum Gasteiger partial charge on any atom is -0.398 e. The van der Waals surface area contributed by atoms with Crippen LogP contribution in [-0.2, 0) is 5.75 Å². The number of thioether (sulfide) groups is 1. The number of anilines is 1. The topological polar surface area (TPSA) is 26.0 Å². The van der Waals surface area contributed by atoms with Crippen molar-refractivity contribution in [1.29, 1.82) is 0 Å². The molecule has 0 unspecified atom stereocenters. The van der Waals surface area contributed by atoms with Crippen LogP contribution in [0.2, 0.25) is 5.02 Å². The van der Waals surface area contributed by atoms with E-state index in [0.29, 0.717) is 5.92 Å². The number of rotatable bonds is 4. The van der Waals surface area contributed by atoms with E-state index in [4.69, 9.17) is 17.3 Å². The van der Waals surface area contributed by atoms with Gasteiger partial charge in [-0.05, 0) is 23.8 Å². The van der Waals surface area contributed by atoms with E-state index in [1.54, 1.807) is 0 Å². The molecular formula is C11H16ClNS. The van der Waals surface area contributed by atoms with E-state index in [-0.39, 0.29) is 0 Å². The number of hydrogen-bond donors (Lipinski definition) is 1. The summed E-state index contributed by atoms with van der Waals surface area (Å²) >= 11 is 7.93. The average molecular weight is 230 g/mol. The molecule has 1 aromatic rings. The quantitative estimate of drug-likeness (QED) is 0.795. The highest BCUT2D eigenvalue weighted by Gasteiger charge is 2.04. The monoisotopic (exact) mass is 229 g/mol. The van der Waals surface area contributed by atoms with Gasteiger partial charge in [-0.1, -0.05) is 31.5 Å². The molecule has 14 heavy (non-hydrogen) atoms. The number of hydrogen-bond acceptors (Lipinski definition) is 2. The van der Waals surface area contributed by atoms with Crippen molar-refractivity contribution < 1.29 is 0 Å². The molecule has 1 nitrogen and oxygen atoms in total. The molecule has 0 aliphatic rings. The number of nitrogen functional groups attached to an aromatic ring is 1. The summed E-state index contributed by atoms with van der Waals surface area (Å²) in [6.07, 6.45) is 0. The zero-order chi connectivity index (χ0) is 10.6. The molecule has 0 amide bonds. The van der Waals surface area contributed by atoms with Crippen LogP contribution in [0.3, 0.4) is 0 Å². The zero-order valence-corrected chi connectivity index (χ0v) is 10.2. The van der Waals surface area contributed by atoms with E-state index >= 15 is 0 Å². The van der Waals surface area contributed by atoms with Gasteiger partial charge in [-0.25, -0.2) is 0 Å². The average Bonchev–Trinajstić information content (AvgIpc) is 2.09. The first-order valence-corrected chi connectivity index (χ1v) is 6.25. The van der Waals surface area contributed by atoms with Gasteiger partial charge in [0.2, 0.25) is 0 Å². The largest absolute Gasteiger partial charge is 0.398 e. The molecule has 0 saturated heterocycles. The molecule has 0 radical (unpaired) electrons. The summed E-state index contributed by atoms with van der Waals surface area (Å²) in [7, 11) is 0. The van der Waals surface area contributed by atoms with Crippen LogP contribution in [0.4, 0.5) is 5.69 Å². The molecule has 0 heterocycles. The lowest BCUT2D eigenvalue weighted by Gasteiger charge is -2.08. The standard InChI is InChI=1S/C11H16ClNS/c1-8(2)6-14-7-9-10(12)4-3-5-11(9)13/h3-5,8H,6-7,13H2,1-2H3. The summed E-state index contributed by atoms with van der Waals surface area (Å²) in [5.41, 5.74) is 7.71. The first kappa shape index (κ1) is 11.7. The van der Waals surface area contributed by atoms with Gasteiger partial charge in [0.15, 0.2) is 0 Å². The molecule has 0 fully saturated rings. The smallest absolute Gasteiger partial charge is 0.0466 e. The van der Waals surface area contributed by atoms with Gasteiger partial charge in [-0.2, -0.15) is 11.8 Å². The summed E-state index contributed by atoms with van der Waals surface area (Å²) in [6.45, 7) is 4.42. The summed E-state index contributed by atoms with van der Waals surface area (Å²) in [5, 5.41) is 0.779. The second kappa shape index (κ2) is 5.52. The van der Waals surface area contributed by atoms with Gasteiger partial charge < -0.3 is 5.73 Å². The van der Waals surface area contributed by atoms with Gasteiger partial charge in [-0.3, -0.25) is 0 Å². The third-order valence-electron chi connectivity index (χ3n) is 1.85. The van der Waals surface area contributed by atoms with Gasteiger partial charge in [0.1, 0.15) is 0 Å². The second-order valence-corrected chi connectivity index (χ2v) is 5.15. The molecule has 78 valence electrons. The van der Waals surface area contributed by atoms with E-state index in [2.05, 4.69) is 13.8 Å². The molecule has 0 atom stereocenters. The summed E-state index contributed by atoms with van der Waals surface area (Å²) in [4.78, 5) is 0. The Bertz CT molecular complexity index is 279. The lowest BCUT2D eigenvalue weighted by Crippen LogP contribution is -1.96. The van der Waals surface area contributed by atoms with Crippen LogP contribution in [-0.4, -0.2) is 5.75 Å². The van der Waals surface area contributed by atoms with Crippen molar-refractivity contribution in [2.75, 3.05) is 11.5 Å². The van der Waals surface area contributed by atoms with Crippen molar-refractivity contribution in [3.63, 3.8) is 0 Å². The SMILES string of the molecule is CC(C)CSCc1c(N)cccc1Cl. The second-order valence-electron chi connectivity index (χ2n) is 3.72. The van der Waals surface area contributed by atoms with Crippen molar-refractivity contribution in [3.8, 4) is 0 Å². The number of benzene rings is 1. The molecule has 1 rings (SSSR count). The fourth-order valence-electron chi connectivity index (χ4n) is 1.12. The number of nitrogens with two attached hydrogens (primary N) is 1. The minimum atomic E-state index is 0.712. The van der Waals surface area contributed by atoms with Crippen molar-refractivity contribution >= 4 is 29.1 Å². The Morgan fingerprint density at radius 3 is 2.71 bits per heavy atom. The lowest BCUT2D eigenvalue weighted by molar-refractivity contribution is 0.750. The van der Waals surface area contributed by atoms with E-state index in [9.17, 15) is 0 Å². The molecule has 0 aliphatic carbocycles. The Balaban J connectivity index is 2.58. The highest BCUT2D eigenvalue weighted by molar-refractivity contribution is 7.98. The predicted octanol–water partition coefficient (Wildman–Crippen LogP) is 3.81. The van der Waals surface area contributed by atoms with Crippen molar-refractivity contribution in [2.24, 2.45) is 5.92 Å². The molecule has 0 spiro atoms. The van der Waals surface area contributed by atoms with Gasteiger partial charge in [0, 0.05) is 22.0 Å². The summed E-state index contributed by atoms with van der Waals surface area (Å²) < 4.78 is 0. The third-order valence-corrected chi connectivity index (χ3v) is 3.60. The van der Waals surface area contributed by atoms with Crippen LogP contribution in [0.1, 0.15) is 19.4 Å². The molecule has 3 heteroatoms. The van der Waals surface area contributed by atoms with Gasteiger partial charge in [0.25, 0.3) is 0 Å². The van der Waals surface area contributed by atoms with Gasteiger partial charge in [-0.15, -0.1) is 0 Å². The first-order chi connectivity index (χ1) is 6.61. The van der Waals surface area contributed by atoms with E-state index in [1.807, 2.05) is 30.0 Å². The summed E-state index contributed by atoms with van der Waals surface area (Å²) in [5.74, 6) is 2.76. The normalized spacial score (nSPS) is 10.9. The van der Waals surface area contributed by atoms with Crippen molar-refractivity contribution in [2.45, 2.75) is 19.6 Å². The fourth-order valence-corrected chi connectivity index (χ4v) is 2.57. The van der Waals surface area contributed by atoms with Crippen LogP contribution in [0.15, 0.2) is 18.2 Å². The Kier molecular flexibility index (Phi) is 4.63. The maximum absolute atomic E-state index is 6.05. The fraction of sp³-hybridized carbons (Fsp3) is 0.455. The van der Waals surface area contributed by atoms with Gasteiger partial charge >= 0.3 is 0 Å². The Labute approximate surface area is 95.0 Å². The molecule has 2 N–H and O–H groups in total. The predicted molar refractivity (Wildman–Crippen MR) is 66.9 cm³/mol. The Hall–Kier alpha value is -0.340. The van der Waals surface area contributed by atoms with Gasteiger partial charge in [0.05, 0.1) is 0 Å². The van der Waals surface area contributed by atoms with E-state index < -0.39 is 0 Å². The third kappa shape index (κ3) is 3.43. The first-order valence-electron chi connectivity index (χ1n) is 4.72. The Morgan fingerprint density at radius 2 is 2.14 bits per heavy atom. The molecule has 0 bridgehead atoms. The Morgan fingerprint density at radius 1 is 1.43 bits per heavy atom. The minimum absolute atomic E-state index is 0.712. The highest BCUT2D eigenvalue weighted by Crippen LogP contribution is 2.27. The van der Waals surface area contributed by atoms with Crippen molar-refractivity contribution in [3.05, 3.63) is 28.8 Å². The molecular weight excluding hydrogens is 214 g/mol. The molecule has 0 aliphatic heterocycles. The highest BCUT2D eigenvalue weighted by atomic mass is 35.5.